The standard InChI is InChI=1S/C17H26N2O3S/c1-17(2,3)22-16(21)19-7-4-5-14(11-19)10-18-15(20)9-13-6-8-23-12-13/h6,8,12,14H,4-5,7,9-11H2,1-3H3,(H,18,20)/t14-/m1/s1. The molecule has 1 aliphatic heterocycles. The van der Waals surface area contributed by atoms with Crippen molar-refractivity contribution >= 4 is 23.3 Å². The lowest BCUT2D eigenvalue weighted by Crippen LogP contribution is -2.45. The number of amides is 2. The van der Waals surface area contributed by atoms with Gasteiger partial charge in [0.05, 0.1) is 6.42 Å². The second-order valence-electron chi connectivity index (χ2n) is 7.05. The van der Waals surface area contributed by atoms with E-state index in [9.17, 15) is 9.59 Å². The first-order valence-corrected chi connectivity index (χ1v) is 9.03. The highest BCUT2D eigenvalue weighted by Gasteiger charge is 2.27. The van der Waals surface area contributed by atoms with Gasteiger partial charge in [-0.1, -0.05) is 0 Å². The molecule has 2 heterocycles. The number of thiophene rings is 1. The van der Waals surface area contributed by atoms with Gasteiger partial charge in [-0.25, -0.2) is 4.79 Å². The molecule has 0 saturated carbocycles. The fraction of sp³-hybridized carbons (Fsp3) is 0.647. The average Bonchev–Trinajstić information content (AvgIpc) is 2.96. The Balaban J connectivity index is 1.75. The normalized spacial score (nSPS) is 18.6. The molecule has 1 aliphatic rings. The number of ether oxygens (including phenoxy) is 1. The van der Waals surface area contributed by atoms with E-state index in [4.69, 9.17) is 4.74 Å². The Morgan fingerprint density at radius 2 is 2.22 bits per heavy atom. The highest BCUT2D eigenvalue weighted by Crippen LogP contribution is 2.19. The first-order valence-electron chi connectivity index (χ1n) is 8.09. The zero-order valence-corrected chi connectivity index (χ0v) is 14.9. The predicted octanol–water partition coefficient (Wildman–Crippen LogP) is 3.05. The summed E-state index contributed by atoms with van der Waals surface area (Å²) in [5, 5.41) is 6.95. The summed E-state index contributed by atoms with van der Waals surface area (Å²) in [6, 6.07) is 1.97. The highest BCUT2D eigenvalue weighted by atomic mass is 32.1. The van der Waals surface area contributed by atoms with Gasteiger partial charge in [-0.15, -0.1) is 0 Å². The van der Waals surface area contributed by atoms with E-state index >= 15 is 0 Å². The van der Waals surface area contributed by atoms with Crippen LogP contribution in [0, 0.1) is 5.92 Å². The monoisotopic (exact) mass is 338 g/mol. The Labute approximate surface area is 142 Å². The van der Waals surface area contributed by atoms with E-state index in [0.717, 1.165) is 24.9 Å². The molecule has 2 amide bonds. The zero-order valence-electron chi connectivity index (χ0n) is 14.1. The van der Waals surface area contributed by atoms with Crippen LogP contribution in [0.4, 0.5) is 4.79 Å². The fourth-order valence-corrected chi connectivity index (χ4v) is 3.29. The van der Waals surface area contributed by atoms with Gasteiger partial charge in [-0.05, 0) is 61.9 Å². The topological polar surface area (TPSA) is 58.6 Å². The minimum atomic E-state index is -0.473. The largest absolute Gasteiger partial charge is 0.444 e. The van der Waals surface area contributed by atoms with Crippen LogP contribution in [0.1, 0.15) is 39.2 Å². The molecule has 5 nitrogen and oxygen atoms in total. The molecule has 0 aliphatic carbocycles. The van der Waals surface area contributed by atoms with E-state index in [1.54, 1.807) is 16.2 Å². The van der Waals surface area contributed by atoms with Gasteiger partial charge in [0.1, 0.15) is 5.60 Å². The molecule has 0 unspecified atom stereocenters. The molecular weight excluding hydrogens is 312 g/mol. The van der Waals surface area contributed by atoms with Gasteiger partial charge in [-0.2, -0.15) is 11.3 Å². The van der Waals surface area contributed by atoms with Crippen molar-refractivity contribution in [2.24, 2.45) is 5.92 Å². The third kappa shape index (κ3) is 6.22. The van der Waals surface area contributed by atoms with Crippen LogP contribution in [0.25, 0.3) is 0 Å². The molecule has 23 heavy (non-hydrogen) atoms. The van der Waals surface area contributed by atoms with E-state index in [1.165, 1.54) is 0 Å². The molecule has 1 aromatic heterocycles. The van der Waals surface area contributed by atoms with Gasteiger partial charge in [0.25, 0.3) is 0 Å². The van der Waals surface area contributed by atoms with Crippen LogP contribution in [0.5, 0.6) is 0 Å². The number of hydrogen-bond acceptors (Lipinski definition) is 4. The van der Waals surface area contributed by atoms with Gasteiger partial charge in [0.2, 0.25) is 5.91 Å². The molecule has 1 atom stereocenters. The molecule has 0 spiro atoms. The van der Waals surface area contributed by atoms with Crippen molar-refractivity contribution in [1.82, 2.24) is 10.2 Å². The molecule has 0 radical (unpaired) electrons. The summed E-state index contributed by atoms with van der Waals surface area (Å²) in [4.78, 5) is 25.8. The van der Waals surface area contributed by atoms with Gasteiger partial charge in [-0.3, -0.25) is 4.79 Å². The molecule has 0 bridgehead atoms. The number of hydrogen-bond donors (Lipinski definition) is 1. The molecule has 2 rings (SSSR count). The SMILES string of the molecule is CC(C)(C)OC(=O)N1CCC[C@H](CNC(=O)Cc2ccsc2)C1. The lowest BCUT2D eigenvalue weighted by Gasteiger charge is -2.34. The van der Waals surface area contributed by atoms with E-state index in [0.29, 0.717) is 25.4 Å². The van der Waals surface area contributed by atoms with Crippen LogP contribution in [-0.4, -0.2) is 42.1 Å². The van der Waals surface area contributed by atoms with E-state index in [1.807, 2.05) is 37.6 Å². The summed E-state index contributed by atoms with van der Waals surface area (Å²) in [6.45, 7) is 7.61. The third-order valence-corrected chi connectivity index (χ3v) is 4.44. The molecule has 128 valence electrons. The number of carbonyl (C=O) groups excluding carboxylic acids is 2. The van der Waals surface area contributed by atoms with Crippen LogP contribution < -0.4 is 5.32 Å². The lowest BCUT2D eigenvalue weighted by atomic mass is 9.98. The number of piperidine rings is 1. The summed E-state index contributed by atoms with van der Waals surface area (Å²) < 4.78 is 5.42. The van der Waals surface area contributed by atoms with Crippen molar-refractivity contribution in [3.8, 4) is 0 Å². The van der Waals surface area contributed by atoms with Gasteiger partial charge in [0, 0.05) is 19.6 Å². The third-order valence-electron chi connectivity index (χ3n) is 3.70. The summed E-state index contributed by atoms with van der Waals surface area (Å²) in [6.07, 6.45) is 2.14. The molecule has 6 heteroatoms. The minimum Gasteiger partial charge on any atom is -0.444 e. The minimum absolute atomic E-state index is 0.0396. The summed E-state index contributed by atoms with van der Waals surface area (Å²) in [5.74, 6) is 0.334. The summed E-state index contributed by atoms with van der Waals surface area (Å²) >= 11 is 1.60. The maximum Gasteiger partial charge on any atom is 0.410 e. The van der Waals surface area contributed by atoms with Gasteiger partial charge >= 0.3 is 6.09 Å². The summed E-state index contributed by atoms with van der Waals surface area (Å²) in [7, 11) is 0. The van der Waals surface area contributed by atoms with Crippen molar-refractivity contribution in [2.75, 3.05) is 19.6 Å². The zero-order chi connectivity index (χ0) is 16.9. The molecule has 1 aromatic rings. The number of nitrogens with one attached hydrogen (secondary N) is 1. The van der Waals surface area contributed by atoms with Gasteiger partial charge in [0.15, 0.2) is 0 Å². The number of rotatable bonds is 4. The van der Waals surface area contributed by atoms with Crippen LogP contribution in [0.3, 0.4) is 0 Å². The van der Waals surface area contributed by atoms with Crippen molar-refractivity contribution in [2.45, 2.75) is 45.6 Å². The molecule has 1 fully saturated rings. The van der Waals surface area contributed by atoms with Crippen molar-refractivity contribution in [3.63, 3.8) is 0 Å². The average molecular weight is 338 g/mol. The highest BCUT2D eigenvalue weighted by molar-refractivity contribution is 7.07. The number of carbonyl (C=O) groups is 2. The van der Waals surface area contributed by atoms with E-state index < -0.39 is 5.60 Å². The lowest BCUT2D eigenvalue weighted by molar-refractivity contribution is -0.120. The van der Waals surface area contributed by atoms with Crippen LogP contribution in [0.15, 0.2) is 16.8 Å². The molecular formula is C17H26N2O3S. The Morgan fingerprint density at radius 3 is 2.87 bits per heavy atom. The summed E-state index contributed by atoms with van der Waals surface area (Å²) in [5.41, 5.74) is 0.574. The Kier molecular flexibility index (Phi) is 6.04. The Hall–Kier alpha value is -1.56. The predicted molar refractivity (Wildman–Crippen MR) is 91.6 cm³/mol. The second-order valence-corrected chi connectivity index (χ2v) is 7.83. The fourth-order valence-electron chi connectivity index (χ4n) is 2.62. The van der Waals surface area contributed by atoms with Crippen LogP contribution >= 0.6 is 11.3 Å². The molecule has 1 N–H and O–H groups in total. The maximum absolute atomic E-state index is 12.1. The van der Waals surface area contributed by atoms with E-state index in [-0.39, 0.29) is 12.0 Å². The van der Waals surface area contributed by atoms with Crippen molar-refractivity contribution < 1.29 is 14.3 Å². The van der Waals surface area contributed by atoms with Gasteiger partial charge < -0.3 is 15.0 Å². The smallest absolute Gasteiger partial charge is 0.410 e. The quantitative estimate of drug-likeness (QED) is 0.918. The number of likely N-dealkylation sites (tertiary alicyclic amines) is 1. The van der Waals surface area contributed by atoms with Crippen molar-refractivity contribution in [1.29, 1.82) is 0 Å². The molecule has 1 saturated heterocycles. The Morgan fingerprint density at radius 1 is 1.43 bits per heavy atom. The first kappa shape index (κ1) is 17.8. The first-order chi connectivity index (χ1) is 10.8. The number of nitrogens with zero attached hydrogens (tertiary/aromatic N) is 1. The molecule has 0 aromatic carbocycles. The van der Waals surface area contributed by atoms with Crippen LogP contribution in [-0.2, 0) is 16.0 Å². The van der Waals surface area contributed by atoms with E-state index in [2.05, 4.69) is 5.32 Å². The maximum atomic E-state index is 12.1. The van der Waals surface area contributed by atoms with Crippen molar-refractivity contribution in [3.05, 3.63) is 22.4 Å². The second kappa shape index (κ2) is 7.81. The Bertz CT molecular complexity index is 522. The van der Waals surface area contributed by atoms with Crippen LogP contribution in [0.2, 0.25) is 0 Å².